The Kier molecular flexibility index (Phi) is 4.72. The zero-order valence-corrected chi connectivity index (χ0v) is 11.0. The van der Waals surface area contributed by atoms with Gasteiger partial charge in [-0.2, -0.15) is 0 Å². The molecule has 0 spiro atoms. The molecule has 6 heteroatoms. The van der Waals surface area contributed by atoms with Crippen molar-refractivity contribution in [2.45, 2.75) is 31.5 Å². The smallest absolute Gasteiger partial charge is 0.338 e. The molecule has 0 aliphatic carbocycles. The van der Waals surface area contributed by atoms with Crippen molar-refractivity contribution in [1.29, 1.82) is 0 Å². The third-order valence-electron chi connectivity index (χ3n) is 3.47. The maximum absolute atomic E-state index is 11.8. The summed E-state index contributed by atoms with van der Waals surface area (Å²) >= 11 is 0. The van der Waals surface area contributed by atoms with Crippen LogP contribution in [0.25, 0.3) is 0 Å². The van der Waals surface area contributed by atoms with Crippen LogP contribution in [-0.4, -0.2) is 52.5 Å². The number of esters is 1. The van der Waals surface area contributed by atoms with E-state index >= 15 is 0 Å². The predicted molar refractivity (Wildman–Crippen MR) is 68.8 cm³/mol. The van der Waals surface area contributed by atoms with Gasteiger partial charge in [0.25, 0.3) is 0 Å². The number of hydrogen-bond acceptors (Lipinski definition) is 6. The minimum Gasteiger partial charge on any atom is -0.459 e. The van der Waals surface area contributed by atoms with E-state index in [1.807, 2.05) is 0 Å². The number of aliphatic hydroxyl groups excluding tert-OH is 3. The first-order chi connectivity index (χ1) is 9.50. The molecule has 1 heterocycles. The fourth-order valence-corrected chi connectivity index (χ4v) is 2.09. The summed E-state index contributed by atoms with van der Waals surface area (Å²) < 4.78 is 10.2. The average Bonchev–Trinajstić information content (AvgIpc) is 2.48. The zero-order chi connectivity index (χ0) is 14.7. The lowest BCUT2D eigenvalue weighted by Crippen LogP contribution is -2.54. The van der Waals surface area contributed by atoms with Gasteiger partial charge in [-0.1, -0.05) is 25.1 Å². The Morgan fingerprint density at radius 1 is 1.20 bits per heavy atom. The quantitative estimate of drug-likeness (QED) is 0.671. The summed E-state index contributed by atoms with van der Waals surface area (Å²) in [5.74, 6) is -0.964. The van der Waals surface area contributed by atoms with E-state index in [1.54, 1.807) is 37.3 Å². The molecular formula is C14H18O6. The molecule has 1 unspecified atom stereocenters. The highest BCUT2D eigenvalue weighted by Gasteiger charge is 2.41. The minimum atomic E-state index is -1.48. The van der Waals surface area contributed by atoms with Crippen molar-refractivity contribution in [2.75, 3.05) is 6.61 Å². The van der Waals surface area contributed by atoms with Crippen LogP contribution in [0.1, 0.15) is 17.3 Å². The molecule has 1 aliphatic heterocycles. The minimum absolute atomic E-state index is 0.101. The lowest BCUT2D eigenvalue weighted by atomic mass is 9.91. The van der Waals surface area contributed by atoms with Gasteiger partial charge in [0.2, 0.25) is 0 Å². The van der Waals surface area contributed by atoms with E-state index in [9.17, 15) is 20.1 Å². The van der Waals surface area contributed by atoms with Crippen LogP contribution in [0, 0.1) is 5.92 Å². The van der Waals surface area contributed by atoms with E-state index < -0.39 is 36.5 Å². The molecule has 1 aromatic carbocycles. The highest BCUT2D eigenvalue weighted by atomic mass is 16.6. The first-order valence-electron chi connectivity index (χ1n) is 6.42. The van der Waals surface area contributed by atoms with Crippen molar-refractivity contribution in [2.24, 2.45) is 5.92 Å². The second kappa shape index (κ2) is 6.32. The largest absolute Gasteiger partial charge is 0.459 e. The zero-order valence-electron chi connectivity index (χ0n) is 11.0. The van der Waals surface area contributed by atoms with Gasteiger partial charge in [-0.15, -0.1) is 0 Å². The maximum atomic E-state index is 11.8. The number of hydrogen-bond donors (Lipinski definition) is 3. The molecule has 5 atom stereocenters. The number of aliphatic hydroxyl groups is 3. The van der Waals surface area contributed by atoms with Crippen molar-refractivity contribution in [1.82, 2.24) is 0 Å². The second-order valence-corrected chi connectivity index (χ2v) is 4.87. The van der Waals surface area contributed by atoms with Gasteiger partial charge in [-0.25, -0.2) is 4.79 Å². The van der Waals surface area contributed by atoms with Crippen molar-refractivity contribution in [3.63, 3.8) is 0 Å². The maximum Gasteiger partial charge on any atom is 0.338 e. The molecule has 2 rings (SSSR count). The number of ether oxygens (including phenoxy) is 2. The third kappa shape index (κ3) is 3.16. The van der Waals surface area contributed by atoms with Crippen LogP contribution >= 0.6 is 0 Å². The standard InChI is InChI=1S/C14H18O6/c1-8-10(20-14(18)12(16)11(8)15)7-19-13(17)9-5-3-2-4-6-9/h2-6,8,10-12,14-16,18H,7H2,1H3/t8?,10-,11+,12+,14+/m1/s1. The summed E-state index contributed by atoms with van der Waals surface area (Å²) in [6, 6.07) is 8.49. The lowest BCUT2D eigenvalue weighted by Gasteiger charge is -2.39. The highest BCUT2D eigenvalue weighted by molar-refractivity contribution is 5.89. The normalized spacial score (nSPS) is 33.7. The fourth-order valence-electron chi connectivity index (χ4n) is 2.09. The molecule has 0 radical (unpaired) electrons. The van der Waals surface area contributed by atoms with Crippen LogP contribution in [0.2, 0.25) is 0 Å². The summed E-state index contributed by atoms with van der Waals surface area (Å²) in [5, 5.41) is 28.6. The molecule has 6 nitrogen and oxygen atoms in total. The van der Waals surface area contributed by atoms with Crippen LogP contribution in [0.15, 0.2) is 30.3 Å². The molecule has 0 amide bonds. The summed E-state index contributed by atoms with van der Waals surface area (Å²) in [5.41, 5.74) is 0.414. The Bertz CT molecular complexity index is 448. The first kappa shape index (κ1) is 14.9. The van der Waals surface area contributed by atoms with E-state index in [4.69, 9.17) is 9.47 Å². The summed E-state index contributed by atoms with van der Waals surface area (Å²) in [6.45, 7) is 1.55. The Balaban J connectivity index is 1.92. The molecule has 1 saturated heterocycles. The molecule has 3 N–H and O–H groups in total. The first-order valence-corrected chi connectivity index (χ1v) is 6.42. The molecule has 110 valence electrons. The molecule has 1 aliphatic rings. The monoisotopic (exact) mass is 282 g/mol. The Labute approximate surface area is 116 Å². The molecule has 20 heavy (non-hydrogen) atoms. The summed E-state index contributed by atoms with van der Waals surface area (Å²) in [4.78, 5) is 11.8. The van der Waals surface area contributed by atoms with Crippen molar-refractivity contribution in [3.05, 3.63) is 35.9 Å². The van der Waals surface area contributed by atoms with E-state index in [2.05, 4.69) is 0 Å². The van der Waals surface area contributed by atoms with Crippen LogP contribution in [0.4, 0.5) is 0 Å². The van der Waals surface area contributed by atoms with Gasteiger partial charge >= 0.3 is 5.97 Å². The number of carbonyl (C=O) groups is 1. The summed E-state index contributed by atoms with van der Waals surface area (Å²) in [6.07, 6.45) is -4.64. The third-order valence-corrected chi connectivity index (χ3v) is 3.47. The van der Waals surface area contributed by atoms with Crippen LogP contribution < -0.4 is 0 Å². The number of rotatable bonds is 3. The topological polar surface area (TPSA) is 96.2 Å². The molecule has 0 aromatic heterocycles. The van der Waals surface area contributed by atoms with Crippen molar-refractivity contribution < 1.29 is 29.6 Å². The van der Waals surface area contributed by atoms with Gasteiger partial charge < -0.3 is 24.8 Å². The van der Waals surface area contributed by atoms with Gasteiger partial charge in [-0.05, 0) is 12.1 Å². The van der Waals surface area contributed by atoms with E-state index in [0.717, 1.165) is 0 Å². The molecule has 1 aromatic rings. The van der Waals surface area contributed by atoms with Gasteiger partial charge in [0.05, 0.1) is 17.8 Å². The van der Waals surface area contributed by atoms with E-state index in [-0.39, 0.29) is 6.61 Å². The highest BCUT2D eigenvalue weighted by Crippen LogP contribution is 2.25. The molecular weight excluding hydrogens is 264 g/mol. The summed E-state index contributed by atoms with van der Waals surface area (Å²) in [7, 11) is 0. The molecule has 0 bridgehead atoms. The van der Waals surface area contributed by atoms with Crippen LogP contribution in [-0.2, 0) is 9.47 Å². The molecule has 1 fully saturated rings. The molecule has 0 saturated carbocycles. The van der Waals surface area contributed by atoms with E-state index in [1.165, 1.54) is 0 Å². The number of benzene rings is 1. The lowest BCUT2D eigenvalue weighted by molar-refractivity contribution is -0.271. The van der Waals surface area contributed by atoms with E-state index in [0.29, 0.717) is 5.56 Å². The van der Waals surface area contributed by atoms with Crippen molar-refractivity contribution in [3.8, 4) is 0 Å². The average molecular weight is 282 g/mol. The predicted octanol–water partition coefficient (Wildman–Crippen LogP) is -0.0815. The van der Waals surface area contributed by atoms with Gasteiger partial charge in [0, 0.05) is 5.92 Å². The van der Waals surface area contributed by atoms with Crippen LogP contribution in [0.5, 0.6) is 0 Å². The van der Waals surface area contributed by atoms with Gasteiger partial charge in [0.15, 0.2) is 6.29 Å². The number of carbonyl (C=O) groups excluding carboxylic acids is 1. The second-order valence-electron chi connectivity index (χ2n) is 4.87. The van der Waals surface area contributed by atoms with Gasteiger partial charge in [0.1, 0.15) is 12.7 Å². The van der Waals surface area contributed by atoms with Crippen molar-refractivity contribution >= 4 is 5.97 Å². The Morgan fingerprint density at radius 2 is 1.85 bits per heavy atom. The van der Waals surface area contributed by atoms with Crippen LogP contribution in [0.3, 0.4) is 0 Å². The Morgan fingerprint density at radius 3 is 2.50 bits per heavy atom. The Hall–Kier alpha value is -1.47. The van der Waals surface area contributed by atoms with Gasteiger partial charge in [-0.3, -0.25) is 0 Å². The SMILES string of the molecule is CC1[C@@H](COC(=O)c2ccccc2)O[C@H](O)[C@@H](O)[C@H]1O. The fraction of sp³-hybridized carbons (Fsp3) is 0.500.